The summed E-state index contributed by atoms with van der Waals surface area (Å²) in [7, 11) is 3.51. The number of carboxylic acid groups (broad SMARTS) is 1. The third kappa shape index (κ3) is 6.08. The molecule has 2 aromatic heterocycles. The number of aryl methyl sites for hydroxylation is 2. The number of carboxylic acids is 1. The summed E-state index contributed by atoms with van der Waals surface area (Å²) < 4.78 is 18.5. The predicted molar refractivity (Wildman–Crippen MR) is 125 cm³/mol. The first-order chi connectivity index (χ1) is 16.8. The van der Waals surface area contributed by atoms with Crippen LogP contribution in [0.4, 0.5) is 4.79 Å². The molecule has 0 spiro atoms. The molecule has 2 aliphatic rings. The number of ether oxygens (including phenoxy) is 3. The van der Waals surface area contributed by atoms with Gasteiger partial charge >= 0.3 is 12.1 Å². The molecule has 0 bridgehead atoms. The van der Waals surface area contributed by atoms with E-state index < -0.39 is 11.9 Å². The van der Waals surface area contributed by atoms with Crippen molar-refractivity contribution in [1.82, 2.24) is 24.9 Å². The lowest BCUT2D eigenvalue weighted by Crippen LogP contribution is -2.37. The predicted octanol–water partition coefficient (Wildman–Crippen LogP) is 2.81. The molecule has 1 aliphatic carbocycles. The minimum absolute atomic E-state index is 0.0294. The Balaban J connectivity index is 1.40. The van der Waals surface area contributed by atoms with Crippen LogP contribution in [0, 0.1) is 18.8 Å². The zero-order chi connectivity index (χ0) is 24.9. The second kappa shape index (κ2) is 11.0. The van der Waals surface area contributed by atoms with Crippen molar-refractivity contribution in [1.29, 1.82) is 0 Å². The highest BCUT2D eigenvalue weighted by Crippen LogP contribution is 2.28. The van der Waals surface area contributed by atoms with Gasteiger partial charge in [0.1, 0.15) is 29.8 Å². The fourth-order valence-corrected chi connectivity index (χ4v) is 4.67. The Hall–Kier alpha value is -3.21. The molecule has 35 heavy (non-hydrogen) atoms. The molecule has 0 radical (unpaired) electrons. The smallest absolute Gasteiger partial charge is 0.409 e. The fourth-order valence-electron chi connectivity index (χ4n) is 4.67. The molecule has 1 saturated heterocycles. The van der Waals surface area contributed by atoms with Crippen molar-refractivity contribution in [3.63, 3.8) is 0 Å². The molecule has 4 rings (SSSR count). The lowest BCUT2D eigenvalue weighted by molar-refractivity contribution is -0.149. The summed E-state index contributed by atoms with van der Waals surface area (Å²) >= 11 is 0. The van der Waals surface area contributed by atoms with Gasteiger partial charge in [-0.05, 0) is 37.8 Å². The Labute approximate surface area is 204 Å². The average Bonchev–Trinajstić information content (AvgIpc) is 3.48. The molecule has 11 heteroatoms. The monoisotopic (exact) mass is 487 g/mol. The number of rotatable bonds is 8. The molecule has 3 heterocycles. The molecule has 0 unspecified atom stereocenters. The standard InChI is InChI=1S/C24H33N5O6/c1-15-21(35-18-10-17(23(30)31)12-33-13-18)9-8-19(25-15)22-20(29(3)27-26-22)14-34-24(32)28(2)11-16-6-4-5-7-16/h8-9,16-18H,4-7,10-14H2,1-3H3,(H,30,31)/t17-,18-/m1/s1. The molecular weight excluding hydrogens is 454 g/mol. The van der Waals surface area contributed by atoms with E-state index in [0.717, 1.165) is 12.8 Å². The summed E-state index contributed by atoms with van der Waals surface area (Å²) in [5, 5.41) is 17.6. The van der Waals surface area contributed by atoms with E-state index in [2.05, 4.69) is 15.3 Å². The maximum Gasteiger partial charge on any atom is 0.409 e. The highest BCUT2D eigenvalue weighted by atomic mass is 16.6. The number of carbonyl (C=O) groups is 2. The van der Waals surface area contributed by atoms with Gasteiger partial charge in [-0.15, -0.1) is 5.10 Å². The Morgan fingerprint density at radius 2 is 2.03 bits per heavy atom. The summed E-state index contributed by atoms with van der Waals surface area (Å²) in [6.07, 6.45) is 4.43. The SMILES string of the molecule is Cc1nc(-c2nnn(C)c2COC(=O)N(C)CC2CCCC2)ccc1O[C@H]1COC[C@H](C(=O)O)C1. The first-order valence-corrected chi connectivity index (χ1v) is 12.0. The van der Waals surface area contributed by atoms with Crippen molar-refractivity contribution in [2.75, 3.05) is 26.8 Å². The lowest BCUT2D eigenvalue weighted by atomic mass is 10.0. The van der Waals surface area contributed by atoms with E-state index in [1.807, 2.05) is 6.92 Å². The Bertz CT molecular complexity index is 1050. The number of nitrogens with zero attached hydrogens (tertiary/aromatic N) is 5. The van der Waals surface area contributed by atoms with E-state index in [1.165, 1.54) is 12.8 Å². The van der Waals surface area contributed by atoms with Crippen LogP contribution in [0.1, 0.15) is 43.5 Å². The quantitative estimate of drug-likeness (QED) is 0.597. The fraction of sp³-hybridized carbons (Fsp3) is 0.625. The summed E-state index contributed by atoms with van der Waals surface area (Å²) in [6.45, 7) is 3.07. The molecule has 2 atom stereocenters. The van der Waals surface area contributed by atoms with E-state index in [0.29, 0.717) is 54.0 Å². The van der Waals surface area contributed by atoms with Gasteiger partial charge in [-0.1, -0.05) is 18.1 Å². The average molecular weight is 488 g/mol. The topological polar surface area (TPSA) is 129 Å². The van der Waals surface area contributed by atoms with Crippen LogP contribution >= 0.6 is 0 Å². The highest BCUT2D eigenvalue weighted by Gasteiger charge is 2.29. The van der Waals surface area contributed by atoms with E-state index in [-0.39, 0.29) is 25.4 Å². The molecule has 1 N–H and O–H groups in total. The molecule has 2 fully saturated rings. The number of hydrogen-bond donors (Lipinski definition) is 1. The molecule has 11 nitrogen and oxygen atoms in total. The van der Waals surface area contributed by atoms with Gasteiger partial charge in [-0.3, -0.25) is 4.79 Å². The van der Waals surface area contributed by atoms with Crippen molar-refractivity contribution in [3.8, 4) is 17.1 Å². The minimum atomic E-state index is -0.885. The number of aromatic nitrogens is 4. The third-order valence-corrected chi connectivity index (χ3v) is 6.69. The minimum Gasteiger partial charge on any atom is -0.486 e. The second-order valence-corrected chi connectivity index (χ2v) is 9.42. The first kappa shape index (κ1) is 24.9. The van der Waals surface area contributed by atoms with Crippen molar-refractivity contribution in [2.45, 2.75) is 51.7 Å². The van der Waals surface area contributed by atoms with Crippen LogP contribution in [0.3, 0.4) is 0 Å². The van der Waals surface area contributed by atoms with Crippen molar-refractivity contribution >= 4 is 12.1 Å². The zero-order valence-electron chi connectivity index (χ0n) is 20.5. The second-order valence-electron chi connectivity index (χ2n) is 9.42. The van der Waals surface area contributed by atoms with Crippen molar-refractivity contribution in [2.24, 2.45) is 18.9 Å². The van der Waals surface area contributed by atoms with E-state index in [4.69, 9.17) is 14.2 Å². The number of carbonyl (C=O) groups excluding carboxylic acids is 1. The zero-order valence-corrected chi connectivity index (χ0v) is 20.5. The third-order valence-electron chi connectivity index (χ3n) is 6.69. The molecule has 1 aliphatic heterocycles. The molecular formula is C24H33N5O6. The van der Waals surface area contributed by atoms with Crippen LogP contribution in [0.5, 0.6) is 5.75 Å². The van der Waals surface area contributed by atoms with Gasteiger partial charge in [0.2, 0.25) is 0 Å². The van der Waals surface area contributed by atoms with Gasteiger partial charge in [-0.2, -0.15) is 0 Å². The summed E-state index contributed by atoms with van der Waals surface area (Å²) in [5.74, 6) is -0.365. The molecule has 1 amide bonds. The number of amides is 1. The maximum atomic E-state index is 12.5. The first-order valence-electron chi connectivity index (χ1n) is 12.0. The molecule has 2 aromatic rings. The Morgan fingerprint density at radius 1 is 1.26 bits per heavy atom. The molecule has 1 saturated carbocycles. The van der Waals surface area contributed by atoms with Crippen LogP contribution in [0.25, 0.3) is 11.4 Å². The van der Waals surface area contributed by atoms with E-state index >= 15 is 0 Å². The van der Waals surface area contributed by atoms with Crippen molar-refractivity contribution < 1.29 is 28.9 Å². The van der Waals surface area contributed by atoms with Crippen LogP contribution in [0.15, 0.2) is 12.1 Å². The van der Waals surface area contributed by atoms with Gasteiger partial charge in [-0.25, -0.2) is 14.5 Å². The normalized spacial score (nSPS) is 20.5. The van der Waals surface area contributed by atoms with E-state index in [1.54, 1.807) is 35.8 Å². The Kier molecular flexibility index (Phi) is 7.84. The van der Waals surface area contributed by atoms with Crippen LogP contribution in [-0.2, 0) is 27.9 Å². The number of pyridine rings is 1. The highest BCUT2D eigenvalue weighted by molar-refractivity contribution is 5.70. The lowest BCUT2D eigenvalue weighted by Gasteiger charge is -2.27. The Morgan fingerprint density at radius 3 is 2.74 bits per heavy atom. The van der Waals surface area contributed by atoms with Crippen LogP contribution in [-0.4, -0.2) is 75.0 Å². The maximum absolute atomic E-state index is 12.5. The van der Waals surface area contributed by atoms with Gasteiger partial charge in [0.05, 0.1) is 30.5 Å². The van der Waals surface area contributed by atoms with Crippen LogP contribution in [0.2, 0.25) is 0 Å². The largest absolute Gasteiger partial charge is 0.486 e. The summed E-state index contributed by atoms with van der Waals surface area (Å²) in [6, 6.07) is 3.55. The number of aliphatic carboxylic acids is 1. The molecule has 0 aromatic carbocycles. The van der Waals surface area contributed by atoms with Crippen LogP contribution < -0.4 is 4.74 Å². The summed E-state index contributed by atoms with van der Waals surface area (Å²) in [5.41, 5.74) is 2.37. The van der Waals surface area contributed by atoms with Gasteiger partial charge in [0, 0.05) is 27.1 Å². The van der Waals surface area contributed by atoms with Gasteiger partial charge in [0.15, 0.2) is 0 Å². The van der Waals surface area contributed by atoms with Gasteiger partial charge < -0.3 is 24.2 Å². The van der Waals surface area contributed by atoms with Crippen molar-refractivity contribution in [3.05, 3.63) is 23.5 Å². The molecule has 190 valence electrons. The van der Waals surface area contributed by atoms with Gasteiger partial charge in [0.25, 0.3) is 0 Å². The van der Waals surface area contributed by atoms with E-state index in [9.17, 15) is 14.7 Å². The summed E-state index contributed by atoms with van der Waals surface area (Å²) in [4.78, 5) is 30.0. The number of hydrogen-bond acceptors (Lipinski definition) is 8.